The van der Waals surface area contributed by atoms with Crippen molar-refractivity contribution < 1.29 is 4.74 Å². The minimum absolute atomic E-state index is 0.350. The smallest absolute Gasteiger partial charge is 0.224 e. The van der Waals surface area contributed by atoms with Gasteiger partial charge in [0.15, 0.2) is 0 Å². The number of hydrogen-bond acceptors (Lipinski definition) is 4. The van der Waals surface area contributed by atoms with Gasteiger partial charge in [-0.15, -0.1) is 0 Å². The van der Waals surface area contributed by atoms with Crippen molar-refractivity contribution >= 4 is 17.4 Å². The molecule has 0 bridgehead atoms. The average Bonchev–Trinajstić information content (AvgIpc) is 2.43. The summed E-state index contributed by atoms with van der Waals surface area (Å²) in [7, 11) is 2.09. The van der Waals surface area contributed by atoms with Crippen molar-refractivity contribution in [1.82, 2.24) is 9.97 Å². The number of anilines is 1. The number of rotatable bonds is 4. The predicted octanol–water partition coefficient (Wildman–Crippen LogP) is 3.01. The molecule has 0 atom stereocenters. The van der Waals surface area contributed by atoms with Gasteiger partial charge in [0, 0.05) is 31.9 Å². The predicted molar refractivity (Wildman–Crippen MR) is 78.0 cm³/mol. The molecule has 0 unspecified atom stereocenters. The van der Waals surface area contributed by atoms with Gasteiger partial charge in [-0.05, 0) is 37.8 Å². The maximum Gasteiger partial charge on any atom is 0.224 e. The molecule has 19 heavy (non-hydrogen) atoms. The number of hydrogen-bond donors (Lipinski definition) is 0. The number of aromatic nitrogens is 2. The SMILES string of the molecule is CCCc1nc(Cl)nc(N(C)C2CCOCC2)c1C. The van der Waals surface area contributed by atoms with E-state index in [1.54, 1.807) is 0 Å². The lowest BCUT2D eigenvalue weighted by molar-refractivity contribution is 0.0853. The van der Waals surface area contributed by atoms with E-state index in [0.717, 1.165) is 56.0 Å². The van der Waals surface area contributed by atoms with Crippen LogP contribution in [0.1, 0.15) is 37.4 Å². The third-order valence-electron chi connectivity index (χ3n) is 3.75. The number of aryl methyl sites for hydroxylation is 1. The lowest BCUT2D eigenvalue weighted by atomic mass is 10.1. The van der Waals surface area contributed by atoms with Gasteiger partial charge < -0.3 is 9.64 Å². The van der Waals surface area contributed by atoms with E-state index in [9.17, 15) is 0 Å². The van der Waals surface area contributed by atoms with E-state index < -0.39 is 0 Å². The molecule has 0 N–H and O–H groups in total. The molecular weight excluding hydrogens is 262 g/mol. The fourth-order valence-electron chi connectivity index (χ4n) is 2.59. The Balaban J connectivity index is 2.26. The molecule has 2 heterocycles. The highest BCUT2D eigenvalue weighted by atomic mass is 35.5. The summed E-state index contributed by atoms with van der Waals surface area (Å²) in [6.07, 6.45) is 4.10. The van der Waals surface area contributed by atoms with Crippen LogP contribution in [-0.2, 0) is 11.2 Å². The summed E-state index contributed by atoms with van der Waals surface area (Å²) < 4.78 is 5.42. The van der Waals surface area contributed by atoms with E-state index in [1.165, 1.54) is 0 Å². The summed E-state index contributed by atoms with van der Waals surface area (Å²) in [5, 5.41) is 0.350. The topological polar surface area (TPSA) is 38.2 Å². The fourth-order valence-corrected chi connectivity index (χ4v) is 2.77. The van der Waals surface area contributed by atoms with Crippen molar-refractivity contribution in [1.29, 1.82) is 0 Å². The lowest BCUT2D eigenvalue weighted by Gasteiger charge is -2.33. The normalized spacial score (nSPS) is 16.6. The molecule has 0 aromatic carbocycles. The van der Waals surface area contributed by atoms with E-state index in [0.29, 0.717) is 11.3 Å². The maximum atomic E-state index is 6.07. The van der Waals surface area contributed by atoms with Gasteiger partial charge in [-0.3, -0.25) is 0 Å². The van der Waals surface area contributed by atoms with Crippen LogP contribution in [0.3, 0.4) is 0 Å². The van der Waals surface area contributed by atoms with Crippen molar-refractivity contribution in [3.8, 4) is 0 Å². The minimum atomic E-state index is 0.350. The van der Waals surface area contributed by atoms with Gasteiger partial charge in [-0.2, -0.15) is 0 Å². The van der Waals surface area contributed by atoms with Gasteiger partial charge in [0.25, 0.3) is 0 Å². The fraction of sp³-hybridized carbons (Fsp3) is 0.714. The van der Waals surface area contributed by atoms with Crippen molar-refractivity contribution in [3.63, 3.8) is 0 Å². The van der Waals surface area contributed by atoms with E-state index in [2.05, 4.69) is 35.8 Å². The van der Waals surface area contributed by atoms with Gasteiger partial charge in [-0.25, -0.2) is 9.97 Å². The molecule has 5 heteroatoms. The molecule has 0 aliphatic carbocycles. The standard InChI is InChI=1S/C14H22ClN3O/c1-4-5-12-10(2)13(17-14(15)16-12)18(3)11-6-8-19-9-7-11/h11H,4-9H2,1-3H3. The molecular formula is C14H22ClN3O. The first-order valence-corrected chi connectivity index (χ1v) is 7.34. The zero-order chi connectivity index (χ0) is 13.8. The largest absolute Gasteiger partial charge is 0.381 e. The van der Waals surface area contributed by atoms with Gasteiger partial charge in [0.1, 0.15) is 5.82 Å². The number of ether oxygens (including phenoxy) is 1. The number of nitrogens with zero attached hydrogens (tertiary/aromatic N) is 3. The van der Waals surface area contributed by atoms with Gasteiger partial charge >= 0.3 is 0 Å². The van der Waals surface area contributed by atoms with E-state index in [-0.39, 0.29) is 0 Å². The Morgan fingerprint density at radius 1 is 1.32 bits per heavy atom. The van der Waals surface area contributed by atoms with E-state index in [4.69, 9.17) is 16.3 Å². The van der Waals surface area contributed by atoms with Gasteiger partial charge in [0.2, 0.25) is 5.28 Å². The molecule has 1 aliphatic heterocycles. The molecule has 1 fully saturated rings. The summed E-state index contributed by atoms with van der Waals surface area (Å²) in [5.74, 6) is 0.968. The molecule has 0 spiro atoms. The molecule has 1 saturated heterocycles. The van der Waals surface area contributed by atoms with Crippen LogP contribution in [0.25, 0.3) is 0 Å². The van der Waals surface area contributed by atoms with Gasteiger partial charge in [-0.1, -0.05) is 13.3 Å². The molecule has 1 aliphatic rings. The summed E-state index contributed by atoms with van der Waals surface area (Å²) in [5.41, 5.74) is 2.22. The highest BCUT2D eigenvalue weighted by Gasteiger charge is 2.22. The second kappa shape index (κ2) is 6.53. The van der Waals surface area contributed by atoms with Crippen molar-refractivity contribution in [2.75, 3.05) is 25.2 Å². The molecule has 106 valence electrons. The number of halogens is 1. The molecule has 2 rings (SSSR count). The third kappa shape index (κ3) is 3.37. The first-order chi connectivity index (χ1) is 9.13. The lowest BCUT2D eigenvalue weighted by Crippen LogP contribution is -2.37. The van der Waals surface area contributed by atoms with Crippen molar-refractivity contribution in [3.05, 3.63) is 16.5 Å². The second-order valence-electron chi connectivity index (χ2n) is 5.09. The highest BCUT2D eigenvalue weighted by molar-refractivity contribution is 6.28. The second-order valence-corrected chi connectivity index (χ2v) is 5.43. The molecule has 1 aromatic rings. The monoisotopic (exact) mass is 283 g/mol. The van der Waals surface area contributed by atoms with Crippen LogP contribution in [0.2, 0.25) is 5.28 Å². The molecule has 0 saturated carbocycles. The van der Waals surface area contributed by atoms with E-state index >= 15 is 0 Å². The summed E-state index contributed by atoms with van der Waals surface area (Å²) in [6.45, 7) is 5.90. The van der Waals surface area contributed by atoms with Crippen molar-refractivity contribution in [2.45, 2.75) is 45.6 Å². The van der Waals surface area contributed by atoms with Crippen LogP contribution < -0.4 is 4.90 Å². The Kier molecular flexibility index (Phi) is 4.99. The molecule has 1 aromatic heterocycles. The highest BCUT2D eigenvalue weighted by Crippen LogP contribution is 2.26. The Hall–Kier alpha value is -0.870. The van der Waals surface area contributed by atoms with Crippen LogP contribution in [0.4, 0.5) is 5.82 Å². The summed E-state index contributed by atoms with van der Waals surface area (Å²) in [6, 6.07) is 0.480. The summed E-state index contributed by atoms with van der Waals surface area (Å²) in [4.78, 5) is 11.0. The first kappa shape index (κ1) is 14.5. The molecule has 0 radical (unpaired) electrons. The zero-order valence-corrected chi connectivity index (χ0v) is 12.7. The Labute approximate surface area is 120 Å². The van der Waals surface area contributed by atoms with Crippen LogP contribution in [0.5, 0.6) is 0 Å². The Morgan fingerprint density at radius 3 is 2.63 bits per heavy atom. The Morgan fingerprint density at radius 2 is 2.00 bits per heavy atom. The first-order valence-electron chi connectivity index (χ1n) is 6.97. The van der Waals surface area contributed by atoms with Gasteiger partial charge in [0.05, 0.1) is 5.69 Å². The molecule has 0 amide bonds. The van der Waals surface area contributed by atoms with Crippen LogP contribution in [0.15, 0.2) is 0 Å². The minimum Gasteiger partial charge on any atom is -0.381 e. The third-order valence-corrected chi connectivity index (χ3v) is 3.92. The van der Waals surface area contributed by atoms with E-state index in [1.807, 2.05) is 0 Å². The van der Waals surface area contributed by atoms with Crippen molar-refractivity contribution in [2.24, 2.45) is 0 Å². The van der Waals surface area contributed by atoms with Crippen LogP contribution in [0, 0.1) is 6.92 Å². The zero-order valence-electron chi connectivity index (χ0n) is 11.9. The van der Waals surface area contributed by atoms with Crippen LogP contribution >= 0.6 is 11.6 Å². The maximum absolute atomic E-state index is 6.07. The van der Waals surface area contributed by atoms with Crippen LogP contribution in [-0.4, -0.2) is 36.3 Å². The molecule has 4 nitrogen and oxygen atoms in total. The summed E-state index contributed by atoms with van der Waals surface area (Å²) >= 11 is 6.07. The average molecular weight is 284 g/mol. The quantitative estimate of drug-likeness (QED) is 0.796. The Bertz CT molecular complexity index is 433.